The van der Waals surface area contributed by atoms with Crippen molar-refractivity contribution in [3.63, 3.8) is 0 Å². The minimum absolute atomic E-state index is 0.113. The molecule has 0 aliphatic rings. The summed E-state index contributed by atoms with van der Waals surface area (Å²) >= 11 is 0. The van der Waals surface area contributed by atoms with E-state index in [9.17, 15) is 18.0 Å². The van der Waals surface area contributed by atoms with E-state index in [1.165, 1.54) is 7.11 Å². The van der Waals surface area contributed by atoms with Crippen molar-refractivity contribution in [2.45, 2.75) is 32.2 Å². The number of aliphatic carboxylic acids is 1. The van der Waals surface area contributed by atoms with Gasteiger partial charge in [-0.15, -0.1) is 0 Å². The van der Waals surface area contributed by atoms with Gasteiger partial charge in [-0.2, -0.15) is 0 Å². The first kappa shape index (κ1) is 18.8. The third-order valence-corrected chi connectivity index (χ3v) is 3.73. The molecule has 0 rings (SSSR count). The van der Waals surface area contributed by atoms with Gasteiger partial charge in [0.1, 0.15) is 6.04 Å². The molecule has 1 unspecified atom stereocenters. The summed E-state index contributed by atoms with van der Waals surface area (Å²) in [6.07, 6.45) is 0.212. The van der Waals surface area contributed by atoms with Gasteiger partial charge in [-0.05, 0) is 19.8 Å². The first-order chi connectivity index (χ1) is 9.32. The molecule has 0 saturated carbocycles. The van der Waals surface area contributed by atoms with Gasteiger partial charge < -0.3 is 14.6 Å². The Kier molecular flexibility index (Phi) is 9.10. The van der Waals surface area contributed by atoms with Crippen molar-refractivity contribution >= 4 is 22.0 Å². The fourth-order valence-corrected chi connectivity index (χ4v) is 2.60. The number of hydrogen-bond acceptors (Lipinski definition) is 6. The predicted molar refractivity (Wildman–Crippen MR) is 70.7 cm³/mol. The van der Waals surface area contributed by atoms with Gasteiger partial charge in [0, 0.05) is 13.7 Å². The smallest absolute Gasteiger partial charge is 0.321 e. The van der Waals surface area contributed by atoms with Crippen LogP contribution in [0.2, 0.25) is 0 Å². The Labute approximate surface area is 118 Å². The highest BCUT2D eigenvalue weighted by Crippen LogP contribution is 2.02. The number of methoxy groups -OCH3 is 1. The number of carboxylic acids is 1. The van der Waals surface area contributed by atoms with E-state index in [4.69, 9.17) is 9.84 Å². The van der Waals surface area contributed by atoms with Gasteiger partial charge in [-0.25, -0.2) is 13.1 Å². The molecule has 0 aromatic heterocycles. The molecule has 0 aromatic carbocycles. The van der Waals surface area contributed by atoms with Crippen molar-refractivity contribution in [3.8, 4) is 0 Å². The maximum Gasteiger partial charge on any atom is 0.321 e. The molecule has 0 aliphatic heterocycles. The molecule has 0 spiro atoms. The summed E-state index contributed by atoms with van der Waals surface area (Å²) in [6, 6.07) is -1.22. The Hall–Kier alpha value is -1.19. The third-order valence-electron chi connectivity index (χ3n) is 2.34. The van der Waals surface area contributed by atoms with E-state index in [-0.39, 0.29) is 19.4 Å². The first-order valence-electron chi connectivity index (χ1n) is 6.19. The number of ether oxygens (including phenoxy) is 2. The quantitative estimate of drug-likeness (QED) is 0.398. The number of sulfonamides is 1. The third kappa shape index (κ3) is 8.83. The number of rotatable bonds is 11. The van der Waals surface area contributed by atoms with Crippen molar-refractivity contribution in [2.24, 2.45) is 0 Å². The van der Waals surface area contributed by atoms with Crippen LogP contribution in [-0.2, 0) is 29.1 Å². The minimum Gasteiger partial charge on any atom is -0.480 e. The van der Waals surface area contributed by atoms with Crippen molar-refractivity contribution in [1.29, 1.82) is 0 Å². The lowest BCUT2D eigenvalue weighted by Crippen LogP contribution is -2.42. The molecule has 1 atom stereocenters. The summed E-state index contributed by atoms with van der Waals surface area (Å²) in [5, 5.41) is 8.94. The number of carbonyl (C=O) groups is 2. The normalized spacial score (nSPS) is 12.9. The van der Waals surface area contributed by atoms with E-state index in [0.717, 1.165) is 0 Å². The van der Waals surface area contributed by atoms with Crippen molar-refractivity contribution in [1.82, 2.24) is 4.72 Å². The Balaban J connectivity index is 4.37. The van der Waals surface area contributed by atoms with Crippen molar-refractivity contribution in [3.05, 3.63) is 0 Å². The second kappa shape index (κ2) is 9.67. The van der Waals surface area contributed by atoms with Gasteiger partial charge in [-0.3, -0.25) is 9.59 Å². The predicted octanol–water partition coefficient (Wildman–Crippen LogP) is -0.261. The molecular weight excluding hydrogens is 290 g/mol. The highest BCUT2D eigenvalue weighted by Gasteiger charge is 2.24. The maximum absolute atomic E-state index is 11.7. The second-order valence-electron chi connectivity index (χ2n) is 4.02. The lowest BCUT2D eigenvalue weighted by atomic mass is 10.2. The zero-order valence-corrected chi connectivity index (χ0v) is 12.4. The van der Waals surface area contributed by atoms with Crippen molar-refractivity contribution < 1.29 is 32.6 Å². The van der Waals surface area contributed by atoms with Gasteiger partial charge in [0.05, 0.1) is 18.8 Å². The molecule has 118 valence electrons. The van der Waals surface area contributed by atoms with Crippen LogP contribution in [0.25, 0.3) is 0 Å². The van der Waals surface area contributed by atoms with Crippen LogP contribution in [0.15, 0.2) is 0 Å². The van der Waals surface area contributed by atoms with Gasteiger partial charge in [0.25, 0.3) is 0 Å². The Morgan fingerprint density at radius 1 is 1.35 bits per heavy atom. The van der Waals surface area contributed by atoms with Crippen LogP contribution in [0, 0.1) is 0 Å². The maximum atomic E-state index is 11.7. The van der Waals surface area contributed by atoms with Crippen LogP contribution in [-0.4, -0.2) is 57.6 Å². The van der Waals surface area contributed by atoms with Gasteiger partial charge >= 0.3 is 11.9 Å². The molecule has 20 heavy (non-hydrogen) atoms. The lowest BCUT2D eigenvalue weighted by molar-refractivity contribution is -0.142. The molecular formula is C11H21NO7S. The summed E-state index contributed by atoms with van der Waals surface area (Å²) in [5.41, 5.74) is 0. The fourth-order valence-electron chi connectivity index (χ4n) is 1.39. The summed E-state index contributed by atoms with van der Waals surface area (Å²) in [5.74, 6) is -2.40. The van der Waals surface area contributed by atoms with E-state index in [2.05, 4.69) is 9.46 Å². The van der Waals surface area contributed by atoms with Crippen LogP contribution in [0.5, 0.6) is 0 Å². The summed E-state index contributed by atoms with van der Waals surface area (Å²) < 4.78 is 34.8. The molecule has 9 heteroatoms. The van der Waals surface area contributed by atoms with Crippen molar-refractivity contribution in [2.75, 3.05) is 26.1 Å². The molecule has 0 radical (unpaired) electrons. The van der Waals surface area contributed by atoms with E-state index >= 15 is 0 Å². The molecule has 0 saturated heterocycles. The zero-order valence-electron chi connectivity index (χ0n) is 11.6. The number of esters is 1. The fraction of sp³-hybridized carbons (Fsp3) is 0.818. The Bertz CT molecular complexity index is 407. The molecule has 0 amide bonds. The Morgan fingerprint density at radius 3 is 2.50 bits per heavy atom. The Morgan fingerprint density at radius 2 is 2.00 bits per heavy atom. The van der Waals surface area contributed by atoms with Gasteiger partial charge in [0.15, 0.2) is 0 Å². The average molecular weight is 311 g/mol. The molecule has 8 nitrogen and oxygen atoms in total. The number of carbonyl (C=O) groups excluding carboxylic acids is 1. The largest absolute Gasteiger partial charge is 0.480 e. The van der Waals surface area contributed by atoms with E-state index in [1.807, 2.05) is 0 Å². The van der Waals surface area contributed by atoms with E-state index in [0.29, 0.717) is 13.0 Å². The van der Waals surface area contributed by atoms with Crippen LogP contribution < -0.4 is 4.72 Å². The monoisotopic (exact) mass is 311 g/mol. The standard InChI is InChI=1S/C11H21NO7S/c1-3-19-10(13)6-8-20(16,17)12-9(11(14)15)5-4-7-18-2/h9,12H,3-8H2,1-2H3,(H,14,15). The van der Waals surface area contributed by atoms with Crippen LogP contribution >= 0.6 is 0 Å². The molecule has 0 fully saturated rings. The summed E-state index contributed by atoms with van der Waals surface area (Å²) in [6.45, 7) is 2.12. The van der Waals surface area contributed by atoms with Crippen LogP contribution in [0.1, 0.15) is 26.2 Å². The molecule has 0 aliphatic carbocycles. The SMILES string of the molecule is CCOC(=O)CCS(=O)(=O)NC(CCCOC)C(=O)O. The highest BCUT2D eigenvalue weighted by molar-refractivity contribution is 7.89. The molecule has 0 heterocycles. The first-order valence-corrected chi connectivity index (χ1v) is 7.85. The lowest BCUT2D eigenvalue weighted by Gasteiger charge is -2.14. The summed E-state index contributed by atoms with van der Waals surface area (Å²) in [4.78, 5) is 22.0. The number of nitrogens with one attached hydrogen (secondary N) is 1. The van der Waals surface area contributed by atoms with Crippen LogP contribution in [0.3, 0.4) is 0 Å². The molecule has 0 aromatic rings. The second-order valence-corrected chi connectivity index (χ2v) is 5.89. The van der Waals surface area contributed by atoms with Gasteiger partial charge in [0.2, 0.25) is 10.0 Å². The number of carboxylic acid groups (broad SMARTS) is 1. The molecule has 2 N–H and O–H groups in total. The van der Waals surface area contributed by atoms with Gasteiger partial charge in [-0.1, -0.05) is 0 Å². The minimum atomic E-state index is -3.85. The highest BCUT2D eigenvalue weighted by atomic mass is 32.2. The summed E-state index contributed by atoms with van der Waals surface area (Å²) in [7, 11) is -2.38. The van der Waals surface area contributed by atoms with Crippen LogP contribution in [0.4, 0.5) is 0 Å². The topological polar surface area (TPSA) is 119 Å². The number of hydrogen-bond donors (Lipinski definition) is 2. The average Bonchev–Trinajstić information content (AvgIpc) is 2.36. The molecule has 0 bridgehead atoms. The zero-order chi connectivity index (χ0) is 15.6. The van der Waals surface area contributed by atoms with E-state index in [1.54, 1.807) is 6.92 Å². The van der Waals surface area contributed by atoms with E-state index < -0.39 is 33.8 Å².